The van der Waals surface area contributed by atoms with E-state index in [0.717, 1.165) is 0 Å². The van der Waals surface area contributed by atoms with Gasteiger partial charge in [-0.15, -0.1) is 0 Å². The van der Waals surface area contributed by atoms with E-state index in [0.29, 0.717) is 0 Å². The molecule has 2 saturated heterocycles. The Kier molecular flexibility index (Phi) is 26.7. The van der Waals surface area contributed by atoms with Crippen LogP contribution in [0.15, 0.2) is 85.1 Å². The summed E-state index contributed by atoms with van der Waals surface area (Å²) in [5.41, 5.74) is 6.08. The van der Waals surface area contributed by atoms with Crippen molar-refractivity contribution in [2.24, 2.45) is 23.5 Å². The molecule has 0 radical (unpaired) electrons. The van der Waals surface area contributed by atoms with E-state index in [1.54, 1.807) is 93.7 Å². The Morgan fingerprint density at radius 2 is 1.27 bits per heavy atom. The zero-order valence-electron chi connectivity index (χ0n) is 41.4. The Hall–Kier alpha value is -3.97. The third kappa shape index (κ3) is 21.2. The number of amides is 1. The first-order valence-electron chi connectivity index (χ1n) is 24.5. The lowest BCUT2D eigenvalue weighted by Crippen LogP contribution is -2.62. The average molecular weight is 1010 g/mol. The molecule has 71 heavy (non-hydrogen) atoms. The van der Waals surface area contributed by atoms with Crippen LogP contribution in [0.25, 0.3) is 0 Å². The van der Waals surface area contributed by atoms with Crippen LogP contribution in [0.5, 0.6) is 0 Å². The van der Waals surface area contributed by atoms with Gasteiger partial charge in [0.1, 0.15) is 18.8 Å². The zero-order valence-corrected chi connectivity index (χ0v) is 41.4. The molecule has 0 aromatic heterocycles. The number of ether oxygens (including phenoxy) is 5. The van der Waals surface area contributed by atoms with Crippen molar-refractivity contribution >= 4 is 17.8 Å². The van der Waals surface area contributed by atoms with Crippen LogP contribution < -0.4 is 11.1 Å². The first-order chi connectivity index (χ1) is 33.5. The molecule has 3 heterocycles. The Bertz CT molecular complexity index is 1840. The molecule has 3 aliphatic heterocycles. The summed E-state index contributed by atoms with van der Waals surface area (Å²) in [5, 5.41) is 112. The van der Waals surface area contributed by atoms with Gasteiger partial charge in [-0.3, -0.25) is 14.4 Å². The van der Waals surface area contributed by atoms with E-state index in [9.17, 15) is 65.4 Å². The molecule has 402 valence electrons. The number of aliphatic hydroxyl groups excluding tert-OH is 9. The van der Waals surface area contributed by atoms with Gasteiger partial charge >= 0.3 is 11.9 Å². The lowest BCUT2D eigenvalue weighted by atomic mass is 9.82. The van der Waals surface area contributed by atoms with Gasteiger partial charge < -0.3 is 85.8 Å². The number of nitrogens with two attached hydrogens (primary N) is 1. The predicted octanol–water partition coefficient (Wildman–Crippen LogP) is 0.306. The number of aliphatic hydroxyl groups is 10. The van der Waals surface area contributed by atoms with Crippen LogP contribution in [0.2, 0.25) is 0 Å². The molecule has 0 saturated carbocycles. The summed E-state index contributed by atoms with van der Waals surface area (Å²) in [7, 11) is 0. The molecule has 1 amide bonds. The SMILES string of the molecule is CCOC(=O)CNC(=O)[C@H]1C2C[C@@H](O[C@@H]3O[C@H](C)[C@@H](O)[C@H](N)[C@@H]3O)/C=C/C=C/C=C/C=C/C=C/C=C/C=C/[C@H](C)[C@@H](O)[C@@H](C)[C@H](C)OC(=O)C[C@H](O)CC(O)C[C@H](O)CC[C@@H](O)[C@H](O)C[C@](O)(C[C@@H]1O)O2. The molecule has 2 bridgehead atoms. The lowest BCUT2D eigenvalue weighted by Gasteiger charge is -2.46. The smallest absolute Gasteiger partial charge is 0.325 e. The molecule has 13 N–H and O–H groups in total. The second-order valence-corrected chi connectivity index (χ2v) is 18.8. The summed E-state index contributed by atoms with van der Waals surface area (Å²) in [6.45, 7) is 7.80. The molecule has 20 nitrogen and oxygen atoms in total. The van der Waals surface area contributed by atoms with E-state index < -0.39 is 153 Å². The second-order valence-electron chi connectivity index (χ2n) is 18.8. The monoisotopic (exact) mass is 1010 g/mol. The molecule has 0 spiro atoms. The summed E-state index contributed by atoms with van der Waals surface area (Å²) in [5.74, 6) is -6.94. The highest BCUT2D eigenvalue weighted by atomic mass is 16.7. The largest absolute Gasteiger partial charge is 0.465 e. The first kappa shape index (κ1) is 61.3. The van der Waals surface area contributed by atoms with Crippen LogP contribution in [0.4, 0.5) is 0 Å². The van der Waals surface area contributed by atoms with Gasteiger partial charge in [-0.1, -0.05) is 98.9 Å². The molecule has 2 unspecified atom stereocenters. The molecule has 3 rings (SSSR count). The van der Waals surface area contributed by atoms with Gasteiger partial charge in [-0.05, 0) is 46.5 Å². The van der Waals surface area contributed by atoms with Crippen LogP contribution >= 0.6 is 0 Å². The molecule has 20 heteroatoms. The van der Waals surface area contributed by atoms with Crippen LogP contribution in [0.3, 0.4) is 0 Å². The molecule has 2 fully saturated rings. The van der Waals surface area contributed by atoms with Gasteiger partial charge in [0.25, 0.3) is 0 Å². The van der Waals surface area contributed by atoms with Crippen molar-refractivity contribution in [2.75, 3.05) is 13.2 Å². The fraction of sp³-hybridized carbons (Fsp3) is 0.667. The van der Waals surface area contributed by atoms with Gasteiger partial charge in [-0.25, -0.2) is 0 Å². The minimum absolute atomic E-state index is 0.0404. The summed E-state index contributed by atoms with van der Waals surface area (Å²) >= 11 is 0. The van der Waals surface area contributed by atoms with Crippen molar-refractivity contribution in [3.8, 4) is 0 Å². The highest BCUT2D eigenvalue weighted by Gasteiger charge is 2.51. The van der Waals surface area contributed by atoms with Crippen molar-refractivity contribution < 1.29 is 89.1 Å². The van der Waals surface area contributed by atoms with Crippen molar-refractivity contribution in [1.82, 2.24) is 5.32 Å². The fourth-order valence-corrected chi connectivity index (χ4v) is 8.46. The van der Waals surface area contributed by atoms with E-state index in [1.165, 1.54) is 13.0 Å². The molecule has 0 aromatic carbocycles. The summed E-state index contributed by atoms with van der Waals surface area (Å²) in [6.07, 6.45) is 3.38. The van der Waals surface area contributed by atoms with Crippen LogP contribution in [-0.2, 0) is 38.1 Å². The molecular formula is C51H80N2O18. The summed E-state index contributed by atoms with van der Waals surface area (Å²) < 4.78 is 28.5. The number of esters is 2. The van der Waals surface area contributed by atoms with Crippen molar-refractivity contribution in [1.29, 1.82) is 0 Å². The zero-order chi connectivity index (χ0) is 52.8. The number of carbonyl (C=O) groups excluding carboxylic acids is 3. The van der Waals surface area contributed by atoms with Gasteiger partial charge in [0, 0.05) is 31.1 Å². The Balaban J connectivity index is 1.94. The van der Waals surface area contributed by atoms with Gasteiger partial charge in [0.05, 0.1) is 92.1 Å². The second kappa shape index (κ2) is 30.9. The highest BCUT2D eigenvalue weighted by Crippen LogP contribution is 2.38. The molecular weight excluding hydrogens is 929 g/mol. The number of hydrogen-bond acceptors (Lipinski definition) is 19. The topological polar surface area (TPSA) is 338 Å². The van der Waals surface area contributed by atoms with Gasteiger partial charge in [0.15, 0.2) is 12.1 Å². The third-order valence-electron chi connectivity index (χ3n) is 12.8. The van der Waals surface area contributed by atoms with E-state index >= 15 is 0 Å². The third-order valence-corrected chi connectivity index (χ3v) is 12.8. The minimum atomic E-state index is -2.38. The normalized spacial score (nSPS) is 42.5. The van der Waals surface area contributed by atoms with Crippen molar-refractivity contribution in [3.63, 3.8) is 0 Å². The van der Waals surface area contributed by atoms with Crippen LogP contribution in [-0.4, -0.2) is 180 Å². The number of carbonyl (C=O) groups is 3. The quantitative estimate of drug-likeness (QED) is 0.159. The van der Waals surface area contributed by atoms with E-state index in [-0.39, 0.29) is 44.6 Å². The first-order valence-corrected chi connectivity index (χ1v) is 24.5. The maximum Gasteiger partial charge on any atom is 0.325 e. The Labute approximate surface area is 416 Å². The number of hydrogen-bond donors (Lipinski definition) is 12. The molecule has 0 aliphatic carbocycles. The lowest BCUT2D eigenvalue weighted by molar-refractivity contribution is -0.308. The van der Waals surface area contributed by atoms with Gasteiger partial charge in [-0.2, -0.15) is 0 Å². The van der Waals surface area contributed by atoms with Gasteiger partial charge in [0.2, 0.25) is 5.91 Å². The number of fused-ring (bicyclic) bond motifs is 2. The number of allylic oxidation sites excluding steroid dienone is 12. The fourth-order valence-electron chi connectivity index (χ4n) is 8.46. The van der Waals surface area contributed by atoms with Crippen molar-refractivity contribution in [2.45, 2.75) is 183 Å². The Morgan fingerprint density at radius 1 is 0.704 bits per heavy atom. The number of rotatable bonds is 6. The van der Waals surface area contributed by atoms with Crippen LogP contribution in [0, 0.1) is 17.8 Å². The standard InChI is InChI=1S/C51H80N2O18/c1-6-67-43(61)29-53-49(65)44-40(59)28-51(66)27-39(58)38(57)22-21-34(54)23-35(55)24-36(56)25-42(60)68-32(4)31(3)46(62)30(2)19-17-15-13-11-9-7-8-10-12-14-16-18-20-37(26-41(44)71-51)70-50-48(64)45(52)47(63)33(5)69-50/h7-20,30-41,44-48,50,54-59,62-64,66H,6,21-29,52H2,1-5H3,(H,53,65)/b8-7+,11-9+,12-10+,15-13+,16-14+,19-17+,20-18+/t30-,31-,32-,33+,34+,35?,36+,37-,38+,39+,40-,41?,44+,45-,46+,47+,48-,50-,51+/m0/s1. The maximum absolute atomic E-state index is 13.7. The summed E-state index contributed by atoms with van der Waals surface area (Å²) in [6, 6.07) is -1.17. The number of nitrogens with one attached hydrogen (secondary N) is 1. The predicted molar refractivity (Wildman–Crippen MR) is 259 cm³/mol. The molecule has 19 atom stereocenters. The minimum Gasteiger partial charge on any atom is -0.465 e. The summed E-state index contributed by atoms with van der Waals surface area (Å²) in [4.78, 5) is 38.6. The molecule has 3 aliphatic rings. The number of cyclic esters (lactones) is 1. The van der Waals surface area contributed by atoms with E-state index in [4.69, 9.17) is 29.4 Å². The highest BCUT2D eigenvalue weighted by molar-refractivity contribution is 5.84. The van der Waals surface area contributed by atoms with Crippen LogP contribution in [0.1, 0.15) is 86.0 Å². The van der Waals surface area contributed by atoms with Crippen molar-refractivity contribution in [3.05, 3.63) is 85.1 Å². The average Bonchev–Trinajstić information content (AvgIpc) is 3.29. The van der Waals surface area contributed by atoms with E-state index in [1.807, 2.05) is 13.0 Å². The molecule has 0 aromatic rings. The Morgan fingerprint density at radius 3 is 1.87 bits per heavy atom. The maximum atomic E-state index is 13.7. The van der Waals surface area contributed by atoms with E-state index in [2.05, 4.69) is 5.32 Å².